The van der Waals surface area contributed by atoms with Crippen molar-refractivity contribution >= 4 is 11.9 Å². The van der Waals surface area contributed by atoms with Crippen LogP contribution in [0.1, 0.15) is 132 Å². The van der Waals surface area contributed by atoms with Gasteiger partial charge in [-0.25, -0.2) is 4.98 Å². The van der Waals surface area contributed by atoms with E-state index in [0.29, 0.717) is 17.8 Å². The Morgan fingerprint density at radius 1 is 0.929 bits per heavy atom. The summed E-state index contributed by atoms with van der Waals surface area (Å²) in [6.07, 6.45) is 11.9. The molecule has 0 saturated heterocycles. The number of amides is 1. The first kappa shape index (κ1) is 41.2. The number of carbonyl (C=O) groups excluding carboxylic acids is 2. The van der Waals surface area contributed by atoms with E-state index in [2.05, 4.69) is 121 Å². The molecule has 0 aliphatic heterocycles. The van der Waals surface area contributed by atoms with E-state index in [9.17, 15) is 4.79 Å². The highest BCUT2D eigenvalue weighted by Gasteiger charge is 2.75. The molecule has 56 heavy (non-hydrogen) atoms. The topological polar surface area (TPSA) is 102 Å². The first-order valence-electron chi connectivity index (χ1n) is 21.8. The number of nitrogens with zero attached hydrogens (tertiary/aromatic N) is 3. The SMILES string of the molecule is C=C(C)[C@@H]1CC[C@]2(C(=O)NC(C)(C)c3nc(-c4ccccc4)cn3CCN(C)C)CC[C@]3(C)[C@H](CC[C@@H]4[C@@]5(C)CC[C@H](OC(C)=O)C(C)(C)[C@]5(N)CC[C@]43C)[C@@H]12. The number of nitrogens with one attached hydrogen (secondary N) is 1. The lowest BCUT2D eigenvalue weighted by Crippen LogP contribution is -2.77. The Kier molecular flexibility index (Phi) is 10.2. The number of hydrogen-bond donors (Lipinski definition) is 2. The molecular weight excluding hydrogens is 695 g/mol. The summed E-state index contributed by atoms with van der Waals surface area (Å²) in [6.45, 7) is 26.5. The Morgan fingerprint density at radius 3 is 2.25 bits per heavy atom. The minimum Gasteiger partial charge on any atom is -0.462 e. The molecule has 308 valence electrons. The highest BCUT2D eigenvalue weighted by molar-refractivity contribution is 5.84. The van der Waals surface area contributed by atoms with E-state index in [0.717, 1.165) is 94.4 Å². The van der Waals surface area contributed by atoms with Crippen molar-refractivity contribution in [3.8, 4) is 11.3 Å². The summed E-state index contributed by atoms with van der Waals surface area (Å²) in [4.78, 5) is 35.0. The van der Waals surface area contributed by atoms with Gasteiger partial charge in [0, 0.05) is 42.7 Å². The number of hydrogen-bond acceptors (Lipinski definition) is 6. The van der Waals surface area contributed by atoms with Gasteiger partial charge in [-0.05, 0) is 139 Å². The summed E-state index contributed by atoms with van der Waals surface area (Å²) >= 11 is 0. The number of imidazole rings is 1. The molecule has 0 spiro atoms. The summed E-state index contributed by atoms with van der Waals surface area (Å²) in [7, 11) is 4.20. The largest absolute Gasteiger partial charge is 0.462 e. The number of rotatable bonds is 9. The monoisotopic (exact) mass is 768 g/mol. The normalized spacial score (nSPS) is 38.8. The molecule has 7 rings (SSSR count). The molecule has 5 aliphatic carbocycles. The second-order valence-electron chi connectivity index (χ2n) is 21.4. The molecule has 1 heterocycles. The minimum absolute atomic E-state index is 0.0617. The number of ether oxygens (including phenoxy) is 1. The van der Waals surface area contributed by atoms with Crippen molar-refractivity contribution in [2.75, 3.05) is 20.6 Å². The van der Waals surface area contributed by atoms with Crippen molar-refractivity contribution in [3.63, 3.8) is 0 Å². The molecule has 2 aromatic rings. The van der Waals surface area contributed by atoms with Crippen LogP contribution in [0.15, 0.2) is 48.7 Å². The van der Waals surface area contributed by atoms with Gasteiger partial charge in [0.25, 0.3) is 0 Å². The van der Waals surface area contributed by atoms with E-state index in [-0.39, 0.29) is 45.6 Å². The second-order valence-corrected chi connectivity index (χ2v) is 21.4. The van der Waals surface area contributed by atoms with E-state index >= 15 is 4.79 Å². The van der Waals surface area contributed by atoms with Gasteiger partial charge in [0.1, 0.15) is 11.9 Å². The summed E-state index contributed by atoms with van der Waals surface area (Å²) in [5.41, 5.74) is 9.15. The number of nitrogens with two attached hydrogens (primary N) is 1. The third kappa shape index (κ3) is 5.91. The van der Waals surface area contributed by atoms with Crippen molar-refractivity contribution in [2.45, 2.75) is 150 Å². The Labute approximate surface area is 338 Å². The van der Waals surface area contributed by atoms with Crippen molar-refractivity contribution in [1.29, 1.82) is 0 Å². The van der Waals surface area contributed by atoms with Gasteiger partial charge in [-0.1, -0.05) is 77.1 Å². The third-order valence-electron chi connectivity index (χ3n) is 17.9. The third-order valence-corrected chi connectivity index (χ3v) is 17.9. The van der Waals surface area contributed by atoms with Crippen LogP contribution in [0.25, 0.3) is 11.3 Å². The predicted octanol–water partition coefficient (Wildman–Crippen LogP) is 9.13. The van der Waals surface area contributed by atoms with Crippen molar-refractivity contribution in [2.24, 2.45) is 56.5 Å². The van der Waals surface area contributed by atoms with Gasteiger partial charge in [-0.15, -0.1) is 0 Å². The second kappa shape index (κ2) is 13.8. The maximum Gasteiger partial charge on any atom is 0.302 e. The molecule has 0 unspecified atom stereocenters. The van der Waals surface area contributed by atoms with Crippen molar-refractivity contribution in [1.82, 2.24) is 19.8 Å². The number of carbonyl (C=O) groups is 2. The quantitative estimate of drug-likeness (QED) is 0.195. The zero-order chi connectivity index (χ0) is 40.9. The van der Waals surface area contributed by atoms with Crippen LogP contribution in [-0.2, 0) is 26.4 Å². The zero-order valence-electron chi connectivity index (χ0n) is 36.7. The van der Waals surface area contributed by atoms with E-state index in [1.807, 2.05) is 6.07 Å². The molecule has 5 fully saturated rings. The molecule has 0 radical (unpaired) electrons. The number of esters is 1. The van der Waals surface area contributed by atoms with Crippen LogP contribution in [0.3, 0.4) is 0 Å². The van der Waals surface area contributed by atoms with Gasteiger partial charge >= 0.3 is 5.97 Å². The van der Waals surface area contributed by atoms with Gasteiger partial charge in [-0.3, -0.25) is 9.59 Å². The first-order chi connectivity index (χ1) is 26.1. The molecule has 5 aliphatic rings. The molecule has 1 aromatic carbocycles. The lowest BCUT2D eigenvalue weighted by Gasteiger charge is -2.75. The molecule has 1 amide bonds. The van der Waals surface area contributed by atoms with Crippen LogP contribution in [0.4, 0.5) is 0 Å². The smallest absolute Gasteiger partial charge is 0.302 e. The van der Waals surface area contributed by atoms with Crippen LogP contribution >= 0.6 is 0 Å². The molecule has 10 atom stereocenters. The highest BCUT2D eigenvalue weighted by Crippen LogP contribution is 2.78. The van der Waals surface area contributed by atoms with E-state index < -0.39 is 16.5 Å². The zero-order valence-corrected chi connectivity index (χ0v) is 36.7. The summed E-state index contributed by atoms with van der Waals surface area (Å²) < 4.78 is 8.24. The van der Waals surface area contributed by atoms with Crippen molar-refractivity contribution in [3.05, 3.63) is 54.5 Å². The Morgan fingerprint density at radius 2 is 1.61 bits per heavy atom. The van der Waals surface area contributed by atoms with E-state index in [1.165, 1.54) is 12.5 Å². The maximum atomic E-state index is 15.4. The Balaban J connectivity index is 1.21. The van der Waals surface area contributed by atoms with Crippen molar-refractivity contribution < 1.29 is 14.3 Å². The maximum absolute atomic E-state index is 15.4. The van der Waals surface area contributed by atoms with Gasteiger partial charge < -0.3 is 25.3 Å². The van der Waals surface area contributed by atoms with Crippen LogP contribution in [-0.4, -0.2) is 58.6 Å². The highest BCUT2D eigenvalue weighted by atomic mass is 16.5. The molecular formula is C48H73N5O3. The standard InChI is InChI=1S/C48H73N5O3/c1-31(2)34-20-23-47(41(55)51-43(6,7)40-50-36(33-16-14-13-15-17-33)30-53(40)29-28-52(11)12)26-24-44(8)35(39(34)47)18-19-37-45(44,9)25-27-48(49)42(4,5)38(56-32(3)54)21-22-46(37,48)10/h13-17,30,34-35,37-39H,1,18-29,49H2,2-12H3,(H,51,55)/t34-,35+,37-,38-,39+,44+,45+,46+,47-,48+/m0/s1. The van der Waals surface area contributed by atoms with Crippen LogP contribution in [0.5, 0.6) is 0 Å². The number of benzene rings is 1. The number of allylic oxidation sites excluding steroid dienone is 1. The molecule has 8 heteroatoms. The minimum atomic E-state index is -0.679. The summed E-state index contributed by atoms with van der Waals surface area (Å²) in [6, 6.07) is 10.4. The Bertz CT molecular complexity index is 1850. The molecule has 8 nitrogen and oxygen atoms in total. The lowest BCUT2D eigenvalue weighted by atomic mass is 9.30. The van der Waals surface area contributed by atoms with Gasteiger partial charge in [0.2, 0.25) is 5.91 Å². The van der Waals surface area contributed by atoms with Crippen LogP contribution in [0.2, 0.25) is 0 Å². The number of likely N-dealkylation sites (N-methyl/N-ethyl adjacent to an activating group) is 1. The van der Waals surface area contributed by atoms with Gasteiger partial charge in [-0.2, -0.15) is 0 Å². The molecule has 1 aromatic heterocycles. The fourth-order valence-corrected chi connectivity index (χ4v) is 14.4. The van der Waals surface area contributed by atoms with Crippen LogP contribution < -0.4 is 11.1 Å². The van der Waals surface area contributed by atoms with E-state index in [4.69, 9.17) is 15.5 Å². The van der Waals surface area contributed by atoms with E-state index in [1.54, 1.807) is 0 Å². The first-order valence-corrected chi connectivity index (χ1v) is 21.8. The number of fused-ring (bicyclic) bond motifs is 7. The fourth-order valence-electron chi connectivity index (χ4n) is 14.4. The average molecular weight is 768 g/mol. The molecule has 0 bridgehead atoms. The Hall–Kier alpha value is -2.97. The number of aromatic nitrogens is 2. The van der Waals surface area contributed by atoms with Crippen LogP contribution in [0, 0.1) is 50.7 Å². The average Bonchev–Trinajstić information content (AvgIpc) is 3.75. The molecule has 5 saturated carbocycles. The summed E-state index contributed by atoms with van der Waals surface area (Å²) in [5, 5.41) is 3.69. The molecule has 3 N–H and O–H groups in total. The summed E-state index contributed by atoms with van der Waals surface area (Å²) in [5.74, 6) is 2.34. The lowest BCUT2D eigenvalue weighted by molar-refractivity contribution is -0.256. The van der Waals surface area contributed by atoms with Gasteiger partial charge in [0.15, 0.2) is 0 Å². The van der Waals surface area contributed by atoms with Gasteiger partial charge in [0.05, 0.1) is 16.6 Å². The fraction of sp³-hybridized carbons (Fsp3) is 0.729. The predicted molar refractivity (Wildman–Crippen MR) is 225 cm³/mol.